The van der Waals surface area contributed by atoms with Crippen LogP contribution in [0.1, 0.15) is 89.1 Å². The predicted molar refractivity (Wildman–Crippen MR) is 137 cm³/mol. The van der Waals surface area contributed by atoms with E-state index in [4.69, 9.17) is 4.74 Å². The molecule has 1 atom stereocenters. The number of rotatable bonds is 8. The maximum absolute atomic E-state index is 13.8. The second-order valence-corrected chi connectivity index (χ2v) is 10.1. The van der Waals surface area contributed by atoms with E-state index in [1.54, 1.807) is 0 Å². The molecule has 33 heavy (non-hydrogen) atoms. The third-order valence-corrected chi connectivity index (χ3v) is 6.64. The molecule has 0 spiro atoms. The van der Waals surface area contributed by atoms with E-state index in [-0.39, 0.29) is 36.3 Å². The number of carbonyl (C=O) groups is 2. The van der Waals surface area contributed by atoms with Gasteiger partial charge in [0.05, 0.1) is 5.69 Å². The molecule has 2 aliphatic heterocycles. The van der Waals surface area contributed by atoms with Gasteiger partial charge in [-0.05, 0) is 78.1 Å². The van der Waals surface area contributed by atoms with Crippen molar-refractivity contribution in [2.45, 2.75) is 97.8 Å². The van der Waals surface area contributed by atoms with Crippen molar-refractivity contribution < 1.29 is 14.3 Å². The summed E-state index contributed by atoms with van der Waals surface area (Å²) in [7, 11) is 0. The molecular formula is C26H42ClN3O3. The van der Waals surface area contributed by atoms with Gasteiger partial charge >= 0.3 is 0 Å². The molecule has 1 N–H and O–H groups in total. The zero-order chi connectivity index (χ0) is 23.5. The summed E-state index contributed by atoms with van der Waals surface area (Å²) < 4.78 is 6.10. The van der Waals surface area contributed by atoms with Crippen LogP contribution in [0.15, 0.2) is 12.1 Å². The summed E-state index contributed by atoms with van der Waals surface area (Å²) in [5, 5.41) is 3.43. The largest absolute Gasteiger partial charge is 0.476 e. The number of nitrogens with zero attached hydrogens (tertiary/aromatic N) is 2. The fourth-order valence-corrected chi connectivity index (χ4v) is 4.90. The lowest BCUT2D eigenvalue weighted by Crippen LogP contribution is -2.53. The molecule has 0 radical (unpaired) electrons. The molecule has 0 bridgehead atoms. The second kappa shape index (κ2) is 11.6. The molecular weight excluding hydrogens is 438 g/mol. The maximum atomic E-state index is 13.8. The minimum Gasteiger partial charge on any atom is -0.476 e. The topological polar surface area (TPSA) is 61.9 Å². The van der Waals surface area contributed by atoms with Gasteiger partial charge in [-0.2, -0.15) is 0 Å². The van der Waals surface area contributed by atoms with E-state index in [0.717, 1.165) is 62.9 Å². The van der Waals surface area contributed by atoms with Crippen molar-refractivity contribution in [2.75, 3.05) is 24.5 Å². The highest BCUT2D eigenvalue weighted by Crippen LogP contribution is 2.40. The minimum absolute atomic E-state index is 0. The van der Waals surface area contributed by atoms with Crippen LogP contribution in [0.3, 0.4) is 0 Å². The monoisotopic (exact) mass is 479 g/mol. The number of ether oxygens (including phenoxy) is 1. The van der Waals surface area contributed by atoms with Crippen molar-refractivity contribution >= 4 is 29.9 Å². The van der Waals surface area contributed by atoms with Crippen LogP contribution in [0, 0.1) is 6.92 Å². The Hall–Kier alpha value is -1.79. The first-order valence-corrected chi connectivity index (χ1v) is 12.4. The maximum Gasteiger partial charge on any atom is 0.270 e. The first-order valence-electron chi connectivity index (χ1n) is 12.4. The Kier molecular flexibility index (Phi) is 9.62. The van der Waals surface area contributed by atoms with Gasteiger partial charge in [-0.15, -0.1) is 12.4 Å². The van der Waals surface area contributed by atoms with Crippen molar-refractivity contribution in [3.63, 3.8) is 0 Å². The third-order valence-electron chi connectivity index (χ3n) is 6.64. The van der Waals surface area contributed by atoms with Crippen molar-refractivity contribution in [3.05, 3.63) is 23.3 Å². The number of hydrogen-bond donors (Lipinski definition) is 1. The van der Waals surface area contributed by atoms with Gasteiger partial charge in [-0.1, -0.05) is 26.2 Å². The van der Waals surface area contributed by atoms with Crippen LogP contribution in [0.25, 0.3) is 0 Å². The number of benzene rings is 1. The van der Waals surface area contributed by atoms with Gasteiger partial charge in [0.1, 0.15) is 5.75 Å². The normalized spacial score (nSPS) is 19.5. The highest BCUT2D eigenvalue weighted by Gasteiger charge is 2.41. The molecule has 0 saturated carbocycles. The lowest BCUT2D eigenvalue weighted by Gasteiger charge is -2.40. The summed E-state index contributed by atoms with van der Waals surface area (Å²) in [4.78, 5) is 30.8. The molecule has 1 aromatic carbocycles. The molecule has 2 heterocycles. The molecule has 0 unspecified atom stereocenters. The molecule has 1 aromatic rings. The van der Waals surface area contributed by atoms with Crippen LogP contribution in [-0.4, -0.2) is 54.0 Å². The highest BCUT2D eigenvalue weighted by molar-refractivity contribution is 6.05. The Morgan fingerprint density at radius 3 is 2.61 bits per heavy atom. The zero-order valence-electron chi connectivity index (χ0n) is 21.2. The number of fused-ring (bicyclic) bond motifs is 1. The van der Waals surface area contributed by atoms with Gasteiger partial charge < -0.3 is 19.9 Å². The fourth-order valence-electron chi connectivity index (χ4n) is 4.90. The van der Waals surface area contributed by atoms with E-state index in [9.17, 15) is 9.59 Å². The molecule has 6 nitrogen and oxygen atoms in total. The number of hydrogen-bond acceptors (Lipinski definition) is 4. The molecule has 3 rings (SSSR count). The summed E-state index contributed by atoms with van der Waals surface area (Å²) in [5.41, 5.74) is 1.37. The van der Waals surface area contributed by atoms with Gasteiger partial charge in [0.25, 0.3) is 11.8 Å². The Morgan fingerprint density at radius 2 is 2.00 bits per heavy atom. The van der Waals surface area contributed by atoms with Crippen LogP contribution < -0.4 is 15.0 Å². The van der Waals surface area contributed by atoms with Gasteiger partial charge in [0.15, 0.2) is 5.60 Å². The van der Waals surface area contributed by atoms with E-state index in [2.05, 4.69) is 26.1 Å². The van der Waals surface area contributed by atoms with E-state index in [1.165, 1.54) is 0 Å². The number of amides is 2. The Morgan fingerprint density at radius 1 is 1.27 bits per heavy atom. The third kappa shape index (κ3) is 6.02. The molecule has 0 aromatic heterocycles. The number of nitrogens with one attached hydrogen (secondary N) is 1. The zero-order valence-corrected chi connectivity index (χ0v) is 22.0. The summed E-state index contributed by atoms with van der Waals surface area (Å²) in [6, 6.07) is 4.12. The van der Waals surface area contributed by atoms with Gasteiger partial charge in [-0.3, -0.25) is 9.59 Å². The Labute approximate surface area is 205 Å². The summed E-state index contributed by atoms with van der Waals surface area (Å²) in [6.45, 7) is 14.4. The van der Waals surface area contributed by atoms with Crippen molar-refractivity contribution in [2.24, 2.45) is 0 Å². The fraction of sp³-hybridized carbons (Fsp3) is 0.692. The molecule has 1 fully saturated rings. The van der Waals surface area contributed by atoms with Crippen LogP contribution in [0.5, 0.6) is 5.75 Å². The molecule has 1 saturated heterocycles. The van der Waals surface area contributed by atoms with E-state index < -0.39 is 5.60 Å². The van der Waals surface area contributed by atoms with Crippen molar-refractivity contribution in [3.8, 4) is 5.75 Å². The predicted octanol–water partition coefficient (Wildman–Crippen LogP) is 5.10. The summed E-state index contributed by atoms with van der Waals surface area (Å²) in [6.07, 6.45) is 6.43. The van der Waals surface area contributed by atoms with Crippen LogP contribution >= 0.6 is 12.4 Å². The molecule has 0 aliphatic carbocycles. The molecule has 186 valence electrons. The van der Waals surface area contributed by atoms with Gasteiger partial charge in [0, 0.05) is 30.7 Å². The average molecular weight is 480 g/mol. The van der Waals surface area contributed by atoms with Gasteiger partial charge in [-0.25, -0.2) is 0 Å². The number of halogens is 1. The molecule has 2 aliphatic rings. The van der Waals surface area contributed by atoms with Gasteiger partial charge in [0.2, 0.25) is 0 Å². The number of anilines is 1. The lowest BCUT2D eigenvalue weighted by molar-refractivity contribution is -0.132. The standard InChI is InChI=1S/C26H41N3O3.ClH/c1-7-8-9-10-14-28-22-16-21(19(4)15-23(22)32-26(5,6)25(28)31)24(30)29(18(2)3)20-12-11-13-27-17-20;/h15-16,18,20,27H,7-14,17H2,1-6H3;1H/t20-;/m1./s1. The number of piperidine rings is 1. The highest BCUT2D eigenvalue weighted by atomic mass is 35.5. The van der Waals surface area contributed by atoms with E-state index in [0.29, 0.717) is 17.9 Å². The Bertz CT molecular complexity index is 834. The minimum atomic E-state index is -0.909. The lowest BCUT2D eigenvalue weighted by atomic mass is 9.97. The number of carbonyl (C=O) groups excluding carboxylic acids is 2. The second-order valence-electron chi connectivity index (χ2n) is 10.1. The quantitative estimate of drug-likeness (QED) is 0.526. The van der Waals surface area contributed by atoms with E-state index >= 15 is 0 Å². The molecule has 2 amide bonds. The first kappa shape index (κ1) is 27.5. The SMILES string of the molecule is CCCCCCN1C(=O)C(C)(C)Oc2cc(C)c(C(=O)N(C(C)C)[C@@H]3CCCNC3)cc21.Cl. The average Bonchev–Trinajstić information content (AvgIpc) is 2.73. The smallest absolute Gasteiger partial charge is 0.270 e. The molecule has 7 heteroatoms. The number of unbranched alkanes of at least 4 members (excludes halogenated alkanes) is 3. The van der Waals surface area contributed by atoms with Crippen molar-refractivity contribution in [1.29, 1.82) is 0 Å². The van der Waals surface area contributed by atoms with Crippen LogP contribution in [-0.2, 0) is 4.79 Å². The summed E-state index contributed by atoms with van der Waals surface area (Å²) >= 11 is 0. The summed E-state index contributed by atoms with van der Waals surface area (Å²) in [5.74, 6) is 0.688. The van der Waals surface area contributed by atoms with Crippen LogP contribution in [0.4, 0.5) is 5.69 Å². The van der Waals surface area contributed by atoms with Crippen molar-refractivity contribution in [1.82, 2.24) is 10.2 Å². The number of aryl methyl sites for hydroxylation is 1. The van der Waals surface area contributed by atoms with E-state index in [1.807, 2.05) is 42.7 Å². The van der Waals surface area contributed by atoms with Crippen LogP contribution in [0.2, 0.25) is 0 Å². The first-order chi connectivity index (χ1) is 15.2. The Balaban J connectivity index is 0.00000385.